The molecule has 0 aliphatic carbocycles. The quantitative estimate of drug-likeness (QED) is 0.735. The van der Waals surface area contributed by atoms with Crippen LogP contribution in [0.4, 0.5) is 0 Å². The van der Waals surface area contributed by atoms with Crippen molar-refractivity contribution in [3.63, 3.8) is 0 Å². The highest BCUT2D eigenvalue weighted by Gasteiger charge is 2.25. The summed E-state index contributed by atoms with van der Waals surface area (Å²) in [6.07, 6.45) is 3.19. The van der Waals surface area contributed by atoms with E-state index < -0.39 is 0 Å². The van der Waals surface area contributed by atoms with Gasteiger partial charge in [-0.05, 0) is 67.0 Å². The molecule has 2 aromatic rings. The summed E-state index contributed by atoms with van der Waals surface area (Å²) in [6, 6.07) is 8.87. The highest BCUT2D eigenvalue weighted by Crippen LogP contribution is 2.31. The molecule has 0 amide bonds. The molecule has 2 atom stereocenters. The Morgan fingerprint density at radius 2 is 2.24 bits per heavy atom. The van der Waals surface area contributed by atoms with Crippen LogP contribution in [0.2, 0.25) is 0 Å². The molecular formula is C14H19N3. The maximum absolute atomic E-state index is 5.88. The van der Waals surface area contributed by atoms with Gasteiger partial charge in [0.15, 0.2) is 0 Å². The van der Waals surface area contributed by atoms with Gasteiger partial charge in [0.25, 0.3) is 0 Å². The summed E-state index contributed by atoms with van der Waals surface area (Å²) in [6.45, 7) is 2.92. The Morgan fingerprint density at radius 1 is 1.29 bits per heavy atom. The van der Waals surface area contributed by atoms with Gasteiger partial charge >= 0.3 is 0 Å². The molecule has 0 saturated carbocycles. The van der Waals surface area contributed by atoms with Gasteiger partial charge in [0.1, 0.15) is 0 Å². The molecule has 3 heteroatoms. The fourth-order valence-electron chi connectivity index (χ4n) is 2.91. The summed E-state index contributed by atoms with van der Waals surface area (Å²) in [5, 5.41) is 4.73. The molecule has 1 fully saturated rings. The van der Waals surface area contributed by atoms with E-state index in [2.05, 4.69) is 34.6 Å². The summed E-state index contributed by atoms with van der Waals surface area (Å²) in [5.41, 5.74) is 8.53. The lowest BCUT2D eigenvalue weighted by atomic mass is 9.81. The first-order valence-electron chi connectivity index (χ1n) is 6.36. The van der Waals surface area contributed by atoms with Gasteiger partial charge in [0.05, 0.1) is 0 Å². The van der Waals surface area contributed by atoms with E-state index in [9.17, 15) is 0 Å². The average molecular weight is 229 g/mol. The highest BCUT2D eigenvalue weighted by atomic mass is 14.9. The predicted molar refractivity (Wildman–Crippen MR) is 71.1 cm³/mol. The normalized spacial score (nSPS) is 25.2. The van der Waals surface area contributed by atoms with Crippen LogP contribution in [0.25, 0.3) is 10.9 Å². The molecule has 90 valence electrons. The fourth-order valence-corrected chi connectivity index (χ4v) is 2.91. The molecule has 3 rings (SSSR count). The lowest BCUT2D eigenvalue weighted by Gasteiger charge is -2.31. The standard InChI is InChI=1S/C14H19N3/c15-8-12-9-16-5-4-13(12)10-1-2-14-11(7-10)3-6-17-14/h1-3,6-7,12-13,16-17H,4-5,8-9,15H2. The zero-order valence-electron chi connectivity index (χ0n) is 9.95. The Bertz CT molecular complexity index is 503. The van der Waals surface area contributed by atoms with Crippen LogP contribution in [0.15, 0.2) is 30.5 Å². The summed E-state index contributed by atoms with van der Waals surface area (Å²) >= 11 is 0. The molecule has 2 unspecified atom stereocenters. The third-order valence-corrected chi connectivity index (χ3v) is 3.92. The average Bonchev–Trinajstić information content (AvgIpc) is 2.85. The van der Waals surface area contributed by atoms with Crippen molar-refractivity contribution in [1.82, 2.24) is 10.3 Å². The Labute approximate surface area is 101 Å². The lowest BCUT2D eigenvalue weighted by molar-refractivity contribution is 0.333. The Morgan fingerprint density at radius 3 is 3.12 bits per heavy atom. The van der Waals surface area contributed by atoms with E-state index in [0.717, 1.165) is 19.6 Å². The predicted octanol–water partition coefficient (Wildman–Crippen LogP) is 1.82. The van der Waals surface area contributed by atoms with Crippen molar-refractivity contribution >= 4 is 10.9 Å². The van der Waals surface area contributed by atoms with Gasteiger partial charge in [-0.1, -0.05) is 6.07 Å². The molecule has 17 heavy (non-hydrogen) atoms. The van der Waals surface area contributed by atoms with Crippen molar-refractivity contribution in [2.45, 2.75) is 12.3 Å². The number of nitrogens with one attached hydrogen (secondary N) is 2. The van der Waals surface area contributed by atoms with E-state index in [1.807, 2.05) is 6.20 Å². The fraction of sp³-hybridized carbons (Fsp3) is 0.429. The van der Waals surface area contributed by atoms with Crippen molar-refractivity contribution in [2.24, 2.45) is 11.7 Å². The van der Waals surface area contributed by atoms with E-state index >= 15 is 0 Å². The number of benzene rings is 1. The van der Waals surface area contributed by atoms with Crippen LogP contribution in [0, 0.1) is 5.92 Å². The minimum absolute atomic E-state index is 0.570. The van der Waals surface area contributed by atoms with Gasteiger partial charge < -0.3 is 16.0 Å². The third-order valence-electron chi connectivity index (χ3n) is 3.92. The molecule has 1 aromatic heterocycles. The number of hydrogen-bond acceptors (Lipinski definition) is 2. The van der Waals surface area contributed by atoms with Crippen molar-refractivity contribution in [2.75, 3.05) is 19.6 Å². The second kappa shape index (κ2) is 4.51. The van der Waals surface area contributed by atoms with Crippen molar-refractivity contribution in [3.8, 4) is 0 Å². The van der Waals surface area contributed by atoms with E-state index in [1.54, 1.807) is 0 Å². The van der Waals surface area contributed by atoms with Gasteiger partial charge in [-0.3, -0.25) is 0 Å². The van der Waals surface area contributed by atoms with Crippen LogP contribution in [0.1, 0.15) is 17.9 Å². The van der Waals surface area contributed by atoms with Crippen molar-refractivity contribution < 1.29 is 0 Å². The van der Waals surface area contributed by atoms with Crippen LogP contribution < -0.4 is 11.1 Å². The van der Waals surface area contributed by atoms with Gasteiger partial charge in [-0.25, -0.2) is 0 Å². The molecule has 3 nitrogen and oxygen atoms in total. The number of aromatic nitrogens is 1. The molecule has 2 heterocycles. The lowest BCUT2D eigenvalue weighted by Crippen LogP contribution is -2.39. The second-order valence-electron chi connectivity index (χ2n) is 4.92. The maximum Gasteiger partial charge on any atom is 0.0454 e. The Hall–Kier alpha value is -1.32. The zero-order valence-corrected chi connectivity index (χ0v) is 9.95. The summed E-state index contributed by atoms with van der Waals surface area (Å²) in [5.74, 6) is 1.18. The number of fused-ring (bicyclic) bond motifs is 1. The van der Waals surface area contributed by atoms with Gasteiger partial charge in [0, 0.05) is 11.7 Å². The van der Waals surface area contributed by atoms with Crippen molar-refractivity contribution in [1.29, 1.82) is 0 Å². The van der Waals surface area contributed by atoms with Crippen LogP contribution >= 0.6 is 0 Å². The minimum Gasteiger partial charge on any atom is -0.361 e. The number of H-pyrrole nitrogens is 1. The van der Waals surface area contributed by atoms with Gasteiger partial charge in [-0.15, -0.1) is 0 Å². The van der Waals surface area contributed by atoms with Crippen LogP contribution in [-0.4, -0.2) is 24.6 Å². The first-order valence-corrected chi connectivity index (χ1v) is 6.36. The number of hydrogen-bond donors (Lipinski definition) is 3. The van der Waals surface area contributed by atoms with Gasteiger partial charge in [0.2, 0.25) is 0 Å². The number of rotatable bonds is 2. The molecule has 0 radical (unpaired) electrons. The molecular weight excluding hydrogens is 210 g/mol. The largest absolute Gasteiger partial charge is 0.361 e. The third kappa shape index (κ3) is 1.96. The Kier molecular flexibility index (Phi) is 2.87. The molecule has 1 aromatic carbocycles. The SMILES string of the molecule is NCC1CNCCC1c1ccc2[nH]ccc2c1. The summed E-state index contributed by atoms with van der Waals surface area (Å²) in [7, 11) is 0. The molecule has 0 bridgehead atoms. The van der Waals surface area contributed by atoms with Gasteiger partial charge in [-0.2, -0.15) is 0 Å². The van der Waals surface area contributed by atoms with Crippen molar-refractivity contribution in [3.05, 3.63) is 36.0 Å². The first-order chi connectivity index (χ1) is 8.38. The van der Waals surface area contributed by atoms with E-state index in [0.29, 0.717) is 11.8 Å². The molecule has 1 aliphatic rings. The number of aromatic amines is 1. The second-order valence-corrected chi connectivity index (χ2v) is 4.92. The molecule has 0 spiro atoms. The zero-order chi connectivity index (χ0) is 11.7. The van der Waals surface area contributed by atoms with Crippen LogP contribution in [0.3, 0.4) is 0 Å². The number of nitrogens with two attached hydrogens (primary N) is 1. The van der Waals surface area contributed by atoms with E-state index in [-0.39, 0.29) is 0 Å². The maximum atomic E-state index is 5.88. The minimum atomic E-state index is 0.570. The molecule has 1 saturated heterocycles. The molecule has 4 N–H and O–H groups in total. The van der Waals surface area contributed by atoms with Crippen LogP contribution in [-0.2, 0) is 0 Å². The Balaban J connectivity index is 1.95. The first kappa shape index (κ1) is 10.8. The monoisotopic (exact) mass is 229 g/mol. The topological polar surface area (TPSA) is 53.8 Å². The summed E-state index contributed by atoms with van der Waals surface area (Å²) < 4.78 is 0. The highest BCUT2D eigenvalue weighted by molar-refractivity contribution is 5.80. The number of piperidine rings is 1. The smallest absolute Gasteiger partial charge is 0.0454 e. The van der Waals surface area contributed by atoms with Crippen LogP contribution in [0.5, 0.6) is 0 Å². The molecule has 1 aliphatic heterocycles. The van der Waals surface area contributed by atoms with E-state index in [1.165, 1.54) is 22.9 Å². The van der Waals surface area contributed by atoms with E-state index in [4.69, 9.17) is 5.73 Å². The summed E-state index contributed by atoms with van der Waals surface area (Å²) in [4.78, 5) is 3.24.